The van der Waals surface area contributed by atoms with Gasteiger partial charge in [0.05, 0.1) is 12.6 Å². The lowest BCUT2D eigenvalue weighted by Crippen LogP contribution is -2.43. The predicted octanol–water partition coefficient (Wildman–Crippen LogP) is 2.49. The highest BCUT2D eigenvalue weighted by Crippen LogP contribution is 2.19. The molecule has 1 N–H and O–H groups in total. The van der Waals surface area contributed by atoms with Crippen LogP contribution in [0.3, 0.4) is 0 Å². The highest BCUT2D eigenvalue weighted by Gasteiger charge is 2.26. The fraction of sp³-hybridized carbons (Fsp3) is 0.421. The van der Waals surface area contributed by atoms with Crippen molar-refractivity contribution in [2.75, 3.05) is 20.1 Å². The molecule has 1 unspecified atom stereocenters. The van der Waals surface area contributed by atoms with Gasteiger partial charge in [0, 0.05) is 32.6 Å². The number of aryl methyl sites for hydroxylation is 1. The average molecular weight is 356 g/mol. The molecule has 1 aromatic heterocycles. The van der Waals surface area contributed by atoms with Crippen LogP contribution in [0.4, 0.5) is 4.79 Å². The van der Waals surface area contributed by atoms with E-state index in [1.165, 1.54) is 0 Å². The van der Waals surface area contributed by atoms with Gasteiger partial charge in [-0.2, -0.15) is 0 Å². The molecule has 1 aliphatic heterocycles. The number of likely N-dealkylation sites (tertiary alicyclic amines) is 1. The van der Waals surface area contributed by atoms with Gasteiger partial charge in [-0.05, 0) is 18.9 Å². The Balaban J connectivity index is 1.67. The minimum atomic E-state index is -0.257. The van der Waals surface area contributed by atoms with Crippen LogP contribution >= 0.6 is 0 Å². The second-order valence-corrected chi connectivity index (χ2v) is 6.64. The maximum Gasteiger partial charge on any atom is 0.318 e. The first kappa shape index (κ1) is 18.0. The number of amides is 3. The molecule has 7 heteroatoms. The molecule has 3 amide bonds. The smallest absolute Gasteiger partial charge is 0.318 e. The SMILES string of the molecule is Cc1cc(CN(C)C(=O)NC(CN2CCCC2=O)c2ccccc2)no1. The van der Waals surface area contributed by atoms with Gasteiger partial charge in [0.2, 0.25) is 5.91 Å². The number of nitrogens with zero attached hydrogens (tertiary/aromatic N) is 3. The number of hydrogen-bond acceptors (Lipinski definition) is 4. The first-order valence-corrected chi connectivity index (χ1v) is 8.79. The van der Waals surface area contributed by atoms with Crippen LogP contribution in [0, 0.1) is 6.92 Å². The van der Waals surface area contributed by atoms with Gasteiger partial charge in [-0.15, -0.1) is 0 Å². The average Bonchev–Trinajstić information content (AvgIpc) is 3.23. The fourth-order valence-electron chi connectivity index (χ4n) is 3.10. The van der Waals surface area contributed by atoms with E-state index in [-0.39, 0.29) is 18.0 Å². The van der Waals surface area contributed by atoms with E-state index < -0.39 is 0 Å². The van der Waals surface area contributed by atoms with Crippen LogP contribution in [0.25, 0.3) is 0 Å². The standard InChI is InChI=1S/C19H24N4O3/c1-14-11-16(21-26-14)12-22(2)19(25)20-17(15-7-4-3-5-8-15)13-23-10-6-9-18(23)24/h3-5,7-8,11,17H,6,9-10,12-13H2,1-2H3,(H,20,25). The highest BCUT2D eigenvalue weighted by atomic mass is 16.5. The summed E-state index contributed by atoms with van der Waals surface area (Å²) in [5.74, 6) is 0.857. The van der Waals surface area contributed by atoms with Gasteiger partial charge in [0.15, 0.2) is 0 Å². The van der Waals surface area contributed by atoms with Crippen LogP contribution in [-0.2, 0) is 11.3 Å². The molecule has 2 aromatic rings. The molecule has 1 fully saturated rings. The molecular formula is C19H24N4O3. The second-order valence-electron chi connectivity index (χ2n) is 6.64. The lowest BCUT2D eigenvalue weighted by molar-refractivity contribution is -0.128. The quantitative estimate of drug-likeness (QED) is 0.862. The van der Waals surface area contributed by atoms with Crippen molar-refractivity contribution < 1.29 is 14.1 Å². The van der Waals surface area contributed by atoms with Crippen molar-refractivity contribution in [3.63, 3.8) is 0 Å². The molecule has 0 aliphatic carbocycles. The second kappa shape index (κ2) is 8.03. The first-order chi connectivity index (χ1) is 12.5. The van der Waals surface area contributed by atoms with Gasteiger partial charge in [0.25, 0.3) is 0 Å². The van der Waals surface area contributed by atoms with Crippen molar-refractivity contribution in [3.8, 4) is 0 Å². The molecule has 0 radical (unpaired) electrons. The van der Waals surface area contributed by atoms with Crippen molar-refractivity contribution in [2.45, 2.75) is 32.4 Å². The van der Waals surface area contributed by atoms with Crippen molar-refractivity contribution in [1.82, 2.24) is 20.3 Å². The van der Waals surface area contributed by atoms with E-state index in [1.807, 2.05) is 42.2 Å². The number of carbonyl (C=O) groups is 2. The normalized spacial score (nSPS) is 15.2. The maximum absolute atomic E-state index is 12.6. The summed E-state index contributed by atoms with van der Waals surface area (Å²) in [7, 11) is 1.71. The molecule has 1 aromatic carbocycles. The van der Waals surface area contributed by atoms with Gasteiger partial charge in [-0.1, -0.05) is 35.5 Å². The molecule has 138 valence electrons. The number of rotatable bonds is 6. The molecule has 7 nitrogen and oxygen atoms in total. The monoisotopic (exact) mass is 356 g/mol. The van der Waals surface area contributed by atoms with E-state index in [2.05, 4.69) is 10.5 Å². The zero-order chi connectivity index (χ0) is 18.5. The summed E-state index contributed by atoms with van der Waals surface area (Å²) < 4.78 is 5.04. The Morgan fingerprint density at radius 1 is 1.38 bits per heavy atom. The summed E-state index contributed by atoms with van der Waals surface area (Å²) in [5, 5.41) is 6.96. The van der Waals surface area contributed by atoms with Crippen LogP contribution in [0.2, 0.25) is 0 Å². The van der Waals surface area contributed by atoms with Gasteiger partial charge >= 0.3 is 6.03 Å². The van der Waals surface area contributed by atoms with Crippen LogP contribution in [0.5, 0.6) is 0 Å². The van der Waals surface area contributed by atoms with Gasteiger partial charge in [-0.25, -0.2) is 4.79 Å². The Morgan fingerprint density at radius 2 is 2.15 bits per heavy atom. The maximum atomic E-state index is 12.6. The van der Waals surface area contributed by atoms with Gasteiger partial charge in [0.1, 0.15) is 11.5 Å². The number of hydrogen-bond donors (Lipinski definition) is 1. The molecule has 1 aliphatic rings. The minimum Gasteiger partial charge on any atom is -0.361 e. The summed E-state index contributed by atoms with van der Waals surface area (Å²) in [6, 6.07) is 11.1. The van der Waals surface area contributed by atoms with Crippen LogP contribution < -0.4 is 5.32 Å². The van der Waals surface area contributed by atoms with Crippen LogP contribution in [0.15, 0.2) is 40.9 Å². The molecule has 26 heavy (non-hydrogen) atoms. The summed E-state index contributed by atoms with van der Waals surface area (Å²) in [6.45, 7) is 3.39. The third kappa shape index (κ3) is 4.41. The fourth-order valence-corrected chi connectivity index (χ4v) is 3.10. The third-order valence-corrected chi connectivity index (χ3v) is 4.50. The van der Waals surface area contributed by atoms with E-state index in [4.69, 9.17) is 4.52 Å². The number of urea groups is 1. The Morgan fingerprint density at radius 3 is 2.77 bits per heavy atom. The number of benzene rings is 1. The van der Waals surface area contributed by atoms with E-state index in [9.17, 15) is 9.59 Å². The van der Waals surface area contributed by atoms with E-state index >= 15 is 0 Å². The lowest BCUT2D eigenvalue weighted by atomic mass is 10.1. The summed E-state index contributed by atoms with van der Waals surface area (Å²) in [4.78, 5) is 28.0. The molecule has 1 saturated heterocycles. The van der Waals surface area contributed by atoms with Gasteiger partial charge < -0.3 is 19.6 Å². The largest absolute Gasteiger partial charge is 0.361 e. The van der Waals surface area contributed by atoms with E-state index in [0.717, 1.165) is 18.5 Å². The summed E-state index contributed by atoms with van der Waals surface area (Å²) in [5.41, 5.74) is 1.68. The van der Waals surface area contributed by atoms with E-state index in [1.54, 1.807) is 18.0 Å². The molecule has 3 rings (SSSR count). The molecule has 1 atom stereocenters. The van der Waals surface area contributed by atoms with Crippen molar-refractivity contribution in [3.05, 3.63) is 53.4 Å². The number of aromatic nitrogens is 1. The number of carbonyl (C=O) groups excluding carboxylic acids is 2. The Kier molecular flexibility index (Phi) is 5.55. The Bertz CT molecular complexity index is 759. The highest BCUT2D eigenvalue weighted by molar-refractivity contribution is 5.78. The van der Waals surface area contributed by atoms with Crippen molar-refractivity contribution >= 4 is 11.9 Å². The van der Waals surface area contributed by atoms with Crippen molar-refractivity contribution in [2.24, 2.45) is 0 Å². The molecule has 2 heterocycles. The zero-order valence-corrected chi connectivity index (χ0v) is 15.1. The van der Waals surface area contributed by atoms with Gasteiger partial charge in [-0.3, -0.25) is 4.79 Å². The summed E-state index contributed by atoms with van der Waals surface area (Å²) >= 11 is 0. The third-order valence-electron chi connectivity index (χ3n) is 4.50. The molecule has 0 spiro atoms. The molecule has 0 saturated carbocycles. The van der Waals surface area contributed by atoms with Crippen molar-refractivity contribution in [1.29, 1.82) is 0 Å². The minimum absolute atomic E-state index is 0.145. The molecular weight excluding hydrogens is 332 g/mol. The Hall–Kier alpha value is -2.83. The summed E-state index contributed by atoms with van der Waals surface area (Å²) in [6.07, 6.45) is 1.46. The zero-order valence-electron chi connectivity index (χ0n) is 15.1. The van der Waals surface area contributed by atoms with E-state index in [0.29, 0.717) is 31.0 Å². The molecule has 0 bridgehead atoms. The van der Waals surface area contributed by atoms with Crippen LogP contribution in [0.1, 0.15) is 35.9 Å². The predicted molar refractivity (Wildman–Crippen MR) is 96.2 cm³/mol. The lowest BCUT2D eigenvalue weighted by Gasteiger charge is -2.27. The first-order valence-electron chi connectivity index (χ1n) is 8.79. The van der Waals surface area contributed by atoms with Crippen LogP contribution in [-0.4, -0.2) is 47.0 Å². The topological polar surface area (TPSA) is 78.7 Å². The number of nitrogens with one attached hydrogen (secondary N) is 1. The Labute approximate surface area is 152 Å².